The van der Waals surface area contributed by atoms with Crippen molar-refractivity contribution in [3.8, 4) is 0 Å². The van der Waals surface area contributed by atoms with Gasteiger partial charge < -0.3 is 0 Å². The molecule has 0 spiro atoms. The molecule has 1 fully saturated rings. The number of aryl methyl sites for hydroxylation is 1. The molecule has 90 valence electrons. The average molecular weight is 241 g/mol. The third-order valence-electron chi connectivity index (χ3n) is 2.90. The lowest BCUT2D eigenvalue weighted by Crippen LogP contribution is -2.07. The second kappa shape index (κ2) is 3.21. The molecule has 0 amide bonds. The molecule has 0 bridgehead atoms. The fourth-order valence-electron chi connectivity index (χ4n) is 1.84. The Hall–Kier alpha value is -1.59. The van der Waals surface area contributed by atoms with Crippen LogP contribution in [0, 0.1) is 6.92 Å². The predicted octanol–water partition coefficient (Wildman–Crippen LogP) is 2.93. The normalized spacial score (nSPS) is 16.7. The molecule has 3 rings (SSSR count). The van der Waals surface area contributed by atoms with Crippen LogP contribution in [0.3, 0.4) is 0 Å². The monoisotopic (exact) mass is 241 g/mol. The number of nitrogens with zero attached hydrogens (tertiary/aromatic N) is 3. The SMILES string of the molecule is Cc1cc(C(F)(F)F)cn2nc(C3CC3)nc12. The summed E-state index contributed by atoms with van der Waals surface area (Å²) in [6, 6.07) is 1.11. The van der Waals surface area contributed by atoms with E-state index < -0.39 is 11.7 Å². The summed E-state index contributed by atoms with van der Waals surface area (Å²) < 4.78 is 39.1. The zero-order chi connectivity index (χ0) is 12.2. The molecule has 1 saturated carbocycles. The summed E-state index contributed by atoms with van der Waals surface area (Å²) in [6.07, 6.45) is -1.28. The first-order valence-corrected chi connectivity index (χ1v) is 5.39. The van der Waals surface area contributed by atoms with Crippen molar-refractivity contribution in [2.45, 2.75) is 31.9 Å². The predicted molar refractivity (Wildman–Crippen MR) is 54.7 cm³/mol. The van der Waals surface area contributed by atoms with Crippen molar-refractivity contribution in [1.29, 1.82) is 0 Å². The molecule has 1 aliphatic rings. The van der Waals surface area contributed by atoms with Crippen LogP contribution in [0.2, 0.25) is 0 Å². The van der Waals surface area contributed by atoms with Crippen LogP contribution < -0.4 is 0 Å². The lowest BCUT2D eigenvalue weighted by atomic mass is 10.2. The van der Waals surface area contributed by atoms with Gasteiger partial charge in [-0.15, -0.1) is 0 Å². The lowest BCUT2D eigenvalue weighted by molar-refractivity contribution is -0.137. The summed E-state index contributed by atoms with van der Waals surface area (Å²) in [5.74, 6) is 0.996. The van der Waals surface area contributed by atoms with Crippen molar-refractivity contribution >= 4 is 5.65 Å². The first-order chi connectivity index (χ1) is 7.95. The Kier molecular flexibility index (Phi) is 1.99. The maximum atomic E-state index is 12.6. The molecule has 1 aliphatic carbocycles. The molecule has 2 heterocycles. The number of rotatable bonds is 1. The van der Waals surface area contributed by atoms with Crippen molar-refractivity contribution in [2.24, 2.45) is 0 Å². The van der Waals surface area contributed by atoms with Gasteiger partial charge in [-0.25, -0.2) is 9.50 Å². The van der Waals surface area contributed by atoms with Crippen molar-refractivity contribution in [2.75, 3.05) is 0 Å². The Labute approximate surface area is 95.3 Å². The minimum Gasteiger partial charge on any atom is -0.220 e. The number of hydrogen-bond donors (Lipinski definition) is 0. The van der Waals surface area contributed by atoms with E-state index in [2.05, 4.69) is 10.1 Å². The summed E-state index contributed by atoms with van der Waals surface area (Å²) >= 11 is 0. The largest absolute Gasteiger partial charge is 0.417 e. The van der Waals surface area contributed by atoms with Gasteiger partial charge in [0.1, 0.15) is 0 Å². The van der Waals surface area contributed by atoms with Gasteiger partial charge in [-0.2, -0.15) is 18.3 Å². The Bertz CT molecular complexity index is 581. The van der Waals surface area contributed by atoms with E-state index in [0.717, 1.165) is 25.1 Å². The van der Waals surface area contributed by atoms with E-state index in [1.54, 1.807) is 6.92 Å². The second-order valence-corrected chi connectivity index (χ2v) is 4.42. The quantitative estimate of drug-likeness (QED) is 0.768. The number of fused-ring (bicyclic) bond motifs is 1. The van der Waals surface area contributed by atoms with Gasteiger partial charge >= 0.3 is 6.18 Å². The summed E-state index contributed by atoms with van der Waals surface area (Å²) in [5.41, 5.74) is 0.328. The molecule has 0 unspecified atom stereocenters. The van der Waals surface area contributed by atoms with Crippen molar-refractivity contribution in [3.63, 3.8) is 0 Å². The van der Waals surface area contributed by atoms with Gasteiger partial charge in [-0.05, 0) is 31.4 Å². The van der Waals surface area contributed by atoms with E-state index >= 15 is 0 Å². The van der Waals surface area contributed by atoms with E-state index in [9.17, 15) is 13.2 Å². The molecular weight excluding hydrogens is 231 g/mol. The number of aromatic nitrogens is 3. The average Bonchev–Trinajstić information content (AvgIpc) is 2.97. The molecule has 0 radical (unpaired) electrons. The van der Waals surface area contributed by atoms with Gasteiger partial charge in [-0.3, -0.25) is 0 Å². The van der Waals surface area contributed by atoms with Crippen LogP contribution in [-0.4, -0.2) is 14.6 Å². The lowest BCUT2D eigenvalue weighted by Gasteiger charge is -2.07. The topological polar surface area (TPSA) is 30.2 Å². The van der Waals surface area contributed by atoms with Crippen LogP contribution in [-0.2, 0) is 6.18 Å². The summed E-state index contributed by atoms with van der Waals surface area (Å²) in [5, 5.41) is 4.12. The third kappa shape index (κ3) is 1.77. The minimum atomic E-state index is -4.34. The molecule has 0 aliphatic heterocycles. The van der Waals surface area contributed by atoms with Gasteiger partial charge in [-0.1, -0.05) is 0 Å². The maximum Gasteiger partial charge on any atom is 0.417 e. The molecule has 6 heteroatoms. The number of alkyl halides is 3. The number of pyridine rings is 1. The van der Waals surface area contributed by atoms with E-state index in [-0.39, 0.29) is 0 Å². The van der Waals surface area contributed by atoms with Gasteiger partial charge in [0, 0.05) is 12.1 Å². The van der Waals surface area contributed by atoms with Gasteiger partial charge in [0.05, 0.1) is 5.56 Å². The first kappa shape index (κ1) is 10.6. The minimum absolute atomic E-state index is 0.337. The van der Waals surface area contributed by atoms with Crippen LogP contribution in [0.25, 0.3) is 5.65 Å². The summed E-state index contributed by atoms with van der Waals surface area (Å²) in [6.45, 7) is 1.62. The Balaban J connectivity index is 2.18. The molecule has 0 N–H and O–H groups in total. The molecule has 2 aromatic heterocycles. The number of hydrogen-bond acceptors (Lipinski definition) is 2. The van der Waals surface area contributed by atoms with E-state index in [1.165, 1.54) is 4.52 Å². The molecule has 0 aromatic carbocycles. The molecular formula is C11H10F3N3. The van der Waals surface area contributed by atoms with E-state index in [1.807, 2.05) is 0 Å². The van der Waals surface area contributed by atoms with Crippen molar-refractivity contribution in [1.82, 2.24) is 14.6 Å². The Morgan fingerprint density at radius 2 is 2.06 bits per heavy atom. The fraction of sp³-hybridized carbons (Fsp3) is 0.455. The van der Waals surface area contributed by atoms with Crippen molar-refractivity contribution in [3.05, 3.63) is 29.2 Å². The highest BCUT2D eigenvalue weighted by Gasteiger charge is 2.33. The van der Waals surface area contributed by atoms with Gasteiger partial charge in [0.2, 0.25) is 0 Å². The second-order valence-electron chi connectivity index (χ2n) is 4.42. The highest BCUT2D eigenvalue weighted by molar-refractivity contribution is 5.48. The highest BCUT2D eigenvalue weighted by atomic mass is 19.4. The first-order valence-electron chi connectivity index (χ1n) is 5.39. The van der Waals surface area contributed by atoms with E-state index in [0.29, 0.717) is 23.0 Å². The van der Waals surface area contributed by atoms with Crippen LogP contribution in [0.15, 0.2) is 12.3 Å². The van der Waals surface area contributed by atoms with Crippen molar-refractivity contribution < 1.29 is 13.2 Å². The Morgan fingerprint density at radius 1 is 1.35 bits per heavy atom. The smallest absolute Gasteiger partial charge is 0.220 e. The maximum absolute atomic E-state index is 12.6. The molecule has 3 nitrogen and oxygen atoms in total. The Morgan fingerprint density at radius 3 is 2.65 bits per heavy atom. The number of halogens is 3. The van der Waals surface area contributed by atoms with Crippen LogP contribution in [0.5, 0.6) is 0 Å². The van der Waals surface area contributed by atoms with Gasteiger partial charge in [0.25, 0.3) is 0 Å². The summed E-state index contributed by atoms with van der Waals surface area (Å²) in [7, 11) is 0. The standard InChI is InChI=1S/C11H10F3N3/c1-6-4-8(11(12,13)14)5-17-10(6)15-9(16-17)7-2-3-7/h4-5,7H,2-3H2,1H3. The molecule has 0 saturated heterocycles. The fourth-order valence-corrected chi connectivity index (χ4v) is 1.84. The van der Waals surface area contributed by atoms with Gasteiger partial charge in [0.15, 0.2) is 11.5 Å². The summed E-state index contributed by atoms with van der Waals surface area (Å²) in [4.78, 5) is 4.28. The highest BCUT2D eigenvalue weighted by Crippen LogP contribution is 2.38. The zero-order valence-electron chi connectivity index (χ0n) is 9.12. The van der Waals surface area contributed by atoms with Crippen LogP contribution >= 0.6 is 0 Å². The van der Waals surface area contributed by atoms with E-state index in [4.69, 9.17) is 0 Å². The molecule has 0 atom stereocenters. The molecule has 17 heavy (non-hydrogen) atoms. The third-order valence-corrected chi connectivity index (χ3v) is 2.90. The zero-order valence-corrected chi connectivity index (χ0v) is 9.12. The van der Waals surface area contributed by atoms with Crippen LogP contribution in [0.1, 0.15) is 35.7 Å². The molecule has 2 aromatic rings. The van der Waals surface area contributed by atoms with Crippen LogP contribution in [0.4, 0.5) is 13.2 Å².